The van der Waals surface area contributed by atoms with Crippen molar-refractivity contribution in [1.29, 1.82) is 0 Å². The second-order valence-electron chi connectivity index (χ2n) is 5.02. The fourth-order valence-electron chi connectivity index (χ4n) is 1.64. The van der Waals surface area contributed by atoms with Crippen LogP contribution in [-0.4, -0.2) is 4.98 Å². The number of rotatable bonds is 0. The van der Waals surface area contributed by atoms with Crippen molar-refractivity contribution in [3.63, 3.8) is 0 Å². The lowest BCUT2D eigenvalue weighted by Gasteiger charge is -2.19. The van der Waals surface area contributed by atoms with Crippen LogP contribution < -0.4 is 5.73 Å². The first-order chi connectivity index (χ1) is 7.38. The molecule has 84 valence electrons. The van der Waals surface area contributed by atoms with Gasteiger partial charge in [-0.05, 0) is 35.2 Å². The van der Waals surface area contributed by atoms with Crippen molar-refractivity contribution in [3.05, 3.63) is 35.6 Å². The predicted molar refractivity (Wildman–Crippen MR) is 64.8 cm³/mol. The molecule has 0 saturated heterocycles. The summed E-state index contributed by atoms with van der Waals surface area (Å²) in [5, 5.41) is 0.791. The molecule has 2 aromatic rings. The molecule has 2 N–H and O–H groups in total. The molecule has 2 nitrogen and oxygen atoms in total. The zero-order valence-electron chi connectivity index (χ0n) is 9.71. The largest absolute Gasteiger partial charge is 0.384 e. The number of fused-ring (bicyclic) bond motifs is 1. The van der Waals surface area contributed by atoms with Gasteiger partial charge < -0.3 is 5.73 Å². The second-order valence-corrected chi connectivity index (χ2v) is 5.02. The second kappa shape index (κ2) is 3.44. The molecule has 1 heterocycles. The average Bonchev–Trinajstić information content (AvgIpc) is 2.17. The van der Waals surface area contributed by atoms with Crippen molar-refractivity contribution in [3.8, 4) is 0 Å². The zero-order chi connectivity index (χ0) is 11.9. The number of aromatic nitrogens is 1. The number of nitrogens with two attached hydrogens (primary N) is 1. The lowest BCUT2D eigenvalue weighted by molar-refractivity contribution is 0.576. The van der Waals surface area contributed by atoms with E-state index in [0.717, 1.165) is 10.9 Å². The molecule has 0 aliphatic heterocycles. The zero-order valence-corrected chi connectivity index (χ0v) is 9.71. The van der Waals surface area contributed by atoms with Crippen molar-refractivity contribution in [1.82, 2.24) is 4.98 Å². The van der Waals surface area contributed by atoms with Crippen molar-refractivity contribution in [2.24, 2.45) is 0 Å². The average molecular weight is 218 g/mol. The third-order valence-electron chi connectivity index (χ3n) is 2.63. The topological polar surface area (TPSA) is 38.9 Å². The maximum atomic E-state index is 13.8. The van der Waals surface area contributed by atoms with E-state index >= 15 is 0 Å². The van der Waals surface area contributed by atoms with Gasteiger partial charge in [0.2, 0.25) is 0 Å². The van der Waals surface area contributed by atoms with E-state index in [9.17, 15) is 4.39 Å². The van der Waals surface area contributed by atoms with E-state index in [2.05, 4.69) is 25.8 Å². The van der Waals surface area contributed by atoms with Gasteiger partial charge in [0.15, 0.2) is 0 Å². The van der Waals surface area contributed by atoms with Gasteiger partial charge in [-0.3, -0.25) is 0 Å². The number of benzene rings is 1. The summed E-state index contributed by atoms with van der Waals surface area (Å²) in [7, 11) is 0. The molecule has 0 unspecified atom stereocenters. The van der Waals surface area contributed by atoms with Crippen LogP contribution in [0.25, 0.3) is 10.9 Å². The highest BCUT2D eigenvalue weighted by Crippen LogP contribution is 2.27. The van der Waals surface area contributed by atoms with Crippen LogP contribution >= 0.6 is 0 Å². The van der Waals surface area contributed by atoms with Crippen LogP contribution in [0.2, 0.25) is 0 Å². The van der Waals surface area contributed by atoms with Crippen LogP contribution in [0, 0.1) is 5.82 Å². The number of hydrogen-bond acceptors (Lipinski definition) is 2. The van der Waals surface area contributed by atoms with Crippen molar-refractivity contribution >= 4 is 16.7 Å². The molecule has 3 heteroatoms. The molecule has 0 atom stereocenters. The molecule has 0 amide bonds. The first-order valence-electron chi connectivity index (χ1n) is 5.24. The Bertz CT molecular complexity index is 541. The molecule has 0 spiro atoms. The molecular formula is C13H15FN2. The molecule has 0 radical (unpaired) electrons. The van der Waals surface area contributed by atoms with Crippen molar-refractivity contribution in [2.75, 3.05) is 5.73 Å². The number of hydrogen-bond donors (Lipinski definition) is 1. The number of anilines is 1. The molecule has 0 saturated carbocycles. The maximum Gasteiger partial charge on any atom is 0.149 e. The fraction of sp³-hybridized carbons (Fsp3) is 0.308. The summed E-state index contributed by atoms with van der Waals surface area (Å²) in [5.74, 6) is 0.0321. The number of pyridine rings is 1. The third kappa shape index (κ3) is 1.85. The molecule has 1 aromatic heterocycles. The van der Waals surface area contributed by atoms with Crippen LogP contribution in [0.5, 0.6) is 0 Å². The Balaban J connectivity index is 2.74. The molecule has 0 aliphatic carbocycles. The maximum absolute atomic E-state index is 13.8. The normalized spacial score (nSPS) is 12.0. The van der Waals surface area contributed by atoms with Crippen molar-refractivity contribution in [2.45, 2.75) is 26.2 Å². The Hall–Kier alpha value is -1.64. The van der Waals surface area contributed by atoms with Gasteiger partial charge in [-0.15, -0.1) is 0 Å². The Morgan fingerprint density at radius 1 is 1.19 bits per heavy atom. The summed E-state index contributed by atoms with van der Waals surface area (Å²) in [6.07, 6.45) is 0. The number of nitrogen functional groups attached to an aromatic ring is 1. The van der Waals surface area contributed by atoms with Gasteiger partial charge >= 0.3 is 0 Å². The molecule has 0 aliphatic rings. The molecule has 16 heavy (non-hydrogen) atoms. The van der Waals surface area contributed by atoms with E-state index in [4.69, 9.17) is 5.73 Å². The summed E-state index contributed by atoms with van der Waals surface area (Å²) in [5.41, 5.74) is 6.77. The van der Waals surface area contributed by atoms with Crippen LogP contribution in [0.4, 0.5) is 10.2 Å². The van der Waals surface area contributed by atoms with E-state index in [1.807, 2.05) is 6.07 Å². The molecule has 0 fully saturated rings. The third-order valence-corrected chi connectivity index (χ3v) is 2.63. The highest BCUT2D eigenvalue weighted by atomic mass is 19.1. The molecule has 1 aromatic carbocycles. The van der Waals surface area contributed by atoms with Gasteiger partial charge in [-0.1, -0.05) is 20.8 Å². The van der Waals surface area contributed by atoms with Gasteiger partial charge in [0.1, 0.15) is 17.2 Å². The van der Waals surface area contributed by atoms with Gasteiger partial charge in [0.25, 0.3) is 0 Å². The lowest BCUT2D eigenvalue weighted by Crippen LogP contribution is -2.11. The molecule has 0 bridgehead atoms. The van der Waals surface area contributed by atoms with E-state index in [1.165, 1.54) is 6.07 Å². The van der Waals surface area contributed by atoms with Crippen LogP contribution in [0.15, 0.2) is 24.3 Å². The lowest BCUT2D eigenvalue weighted by atomic mass is 9.86. The summed E-state index contributed by atoms with van der Waals surface area (Å²) in [4.78, 5) is 4.00. The highest BCUT2D eigenvalue weighted by molar-refractivity contribution is 5.81. The Morgan fingerprint density at radius 2 is 1.88 bits per heavy atom. The van der Waals surface area contributed by atoms with Crippen LogP contribution in [-0.2, 0) is 5.41 Å². The minimum atomic E-state index is -0.310. The monoisotopic (exact) mass is 218 g/mol. The fourth-order valence-corrected chi connectivity index (χ4v) is 1.64. The number of nitrogens with zero attached hydrogens (tertiary/aromatic N) is 1. The SMILES string of the molecule is CC(C)(C)c1cc(F)c2nc(N)ccc2c1. The first-order valence-corrected chi connectivity index (χ1v) is 5.24. The van der Waals surface area contributed by atoms with Crippen LogP contribution in [0.1, 0.15) is 26.3 Å². The molecular weight excluding hydrogens is 203 g/mol. The summed E-state index contributed by atoms with van der Waals surface area (Å²) < 4.78 is 13.8. The number of halogens is 1. The quantitative estimate of drug-likeness (QED) is 0.737. The van der Waals surface area contributed by atoms with Gasteiger partial charge in [0, 0.05) is 5.39 Å². The van der Waals surface area contributed by atoms with Gasteiger partial charge in [-0.25, -0.2) is 9.37 Å². The Labute approximate surface area is 94.3 Å². The minimum absolute atomic E-state index is 0.0730. The van der Waals surface area contributed by atoms with Gasteiger partial charge in [0.05, 0.1) is 0 Å². The first kappa shape index (κ1) is 10.9. The van der Waals surface area contributed by atoms with Crippen LogP contribution in [0.3, 0.4) is 0 Å². The van der Waals surface area contributed by atoms with E-state index in [-0.39, 0.29) is 11.2 Å². The highest BCUT2D eigenvalue weighted by Gasteiger charge is 2.16. The smallest absolute Gasteiger partial charge is 0.149 e. The van der Waals surface area contributed by atoms with Crippen molar-refractivity contribution < 1.29 is 4.39 Å². The molecule has 2 rings (SSSR count). The predicted octanol–water partition coefficient (Wildman–Crippen LogP) is 3.25. The van der Waals surface area contributed by atoms with Gasteiger partial charge in [-0.2, -0.15) is 0 Å². The van der Waals surface area contributed by atoms with E-state index in [1.54, 1.807) is 12.1 Å². The summed E-state index contributed by atoms with van der Waals surface area (Å²) in [6, 6.07) is 6.99. The Morgan fingerprint density at radius 3 is 2.50 bits per heavy atom. The Kier molecular flexibility index (Phi) is 2.34. The van der Waals surface area contributed by atoms with E-state index < -0.39 is 0 Å². The van der Waals surface area contributed by atoms with E-state index in [0.29, 0.717) is 11.3 Å². The summed E-state index contributed by atoms with van der Waals surface area (Å²) >= 11 is 0. The summed E-state index contributed by atoms with van der Waals surface area (Å²) in [6.45, 7) is 6.16. The minimum Gasteiger partial charge on any atom is -0.384 e. The standard InChI is InChI=1S/C13H15FN2/c1-13(2,3)9-6-8-4-5-11(15)16-12(8)10(14)7-9/h4-7H,1-3H3,(H2,15,16).